The Balaban J connectivity index is 1.74. The Morgan fingerprint density at radius 2 is 1.00 bits per heavy atom. The summed E-state index contributed by atoms with van der Waals surface area (Å²) in [4.78, 5) is 13.8. The lowest BCUT2D eigenvalue weighted by atomic mass is 10.1. The van der Waals surface area contributed by atoms with Crippen LogP contribution in [0.15, 0.2) is 104 Å². The normalized spacial score (nSPS) is 11.8. The van der Waals surface area contributed by atoms with Crippen molar-refractivity contribution >= 4 is 43.6 Å². The second kappa shape index (κ2) is 6.49. The minimum absolute atomic E-state index is 0.673. The van der Waals surface area contributed by atoms with Crippen molar-refractivity contribution in [2.24, 2.45) is 0 Å². The molecular weight excluding hydrogens is 394 g/mol. The molecule has 3 aromatic carbocycles. The molecule has 0 spiro atoms. The second-order valence-corrected chi connectivity index (χ2v) is 7.80. The van der Waals surface area contributed by atoms with Gasteiger partial charge in [-0.2, -0.15) is 0 Å². The van der Waals surface area contributed by atoms with Crippen molar-refractivity contribution in [3.8, 4) is 11.8 Å². The van der Waals surface area contributed by atoms with Crippen LogP contribution < -0.4 is 0 Å². The molecule has 0 unspecified atom stereocenters. The molecule has 0 radical (unpaired) electrons. The van der Waals surface area contributed by atoms with Gasteiger partial charge >= 0.3 is 0 Å². The van der Waals surface area contributed by atoms with E-state index in [0.717, 1.165) is 27.9 Å². The monoisotopic (exact) mass is 411 g/mol. The molecule has 0 aliphatic carbocycles. The van der Waals surface area contributed by atoms with Crippen LogP contribution in [0.25, 0.3) is 55.4 Å². The van der Waals surface area contributed by atoms with E-state index in [1.54, 1.807) is 12.4 Å². The van der Waals surface area contributed by atoms with Crippen molar-refractivity contribution in [2.45, 2.75) is 0 Å². The molecule has 4 heterocycles. The third kappa shape index (κ3) is 2.25. The van der Waals surface area contributed by atoms with Gasteiger partial charge in [-0.25, -0.2) is 15.0 Å². The summed E-state index contributed by atoms with van der Waals surface area (Å²) in [6, 6.07) is 29.2. The lowest BCUT2D eigenvalue weighted by Gasteiger charge is -2.07. The highest BCUT2D eigenvalue weighted by molar-refractivity contribution is 6.28. The Morgan fingerprint density at radius 1 is 0.438 bits per heavy atom. The van der Waals surface area contributed by atoms with Gasteiger partial charge < -0.3 is 0 Å². The molecule has 0 aliphatic heterocycles. The van der Waals surface area contributed by atoms with E-state index in [-0.39, 0.29) is 0 Å². The summed E-state index contributed by atoms with van der Waals surface area (Å²) in [6.45, 7) is 0. The van der Waals surface area contributed by atoms with Crippen LogP contribution >= 0.6 is 0 Å². The fraction of sp³-hybridized carbons (Fsp3) is 0. The van der Waals surface area contributed by atoms with E-state index in [1.165, 1.54) is 21.5 Å². The molecular formula is C27H17N5. The van der Waals surface area contributed by atoms with Crippen LogP contribution in [0.2, 0.25) is 0 Å². The zero-order valence-corrected chi connectivity index (χ0v) is 17.1. The van der Waals surface area contributed by atoms with Gasteiger partial charge in [0.1, 0.15) is 5.82 Å². The number of hydrogen-bond donors (Lipinski definition) is 0. The zero-order chi connectivity index (χ0) is 21.1. The van der Waals surface area contributed by atoms with Gasteiger partial charge in [0.05, 0.1) is 22.1 Å². The number of aromatic nitrogens is 5. The number of pyridine rings is 1. The quantitative estimate of drug-likeness (QED) is 0.347. The molecule has 32 heavy (non-hydrogen) atoms. The van der Waals surface area contributed by atoms with Crippen molar-refractivity contribution in [1.29, 1.82) is 0 Å². The maximum atomic E-state index is 4.65. The summed E-state index contributed by atoms with van der Waals surface area (Å²) < 4.78 is 4.40. The van der Waals surface area contributed by atoms with Crippen LogP contribution in [0.4, 0.5) is 0 Å². The third-order valence-corrected chi connectivity index (χ3v) is 6.10. The minimum Gasteiger partial charge on any atom is -0.294 e. The van der Waals surface area contributed by atoms with Gasteiger partial charge in [-0.1, -0.05) is 42.5 Å². The zero-order valence-electron chi connectivity index (χ0n) is 17.1. The molecule has 0 bridgehead atoms. The summed E-state index contributed by atoms with van der Waals surface area (Å²) in [5.41, 5.74) is 4.46. The Labute approximate surface area is 183 Å². The largest absolute Gasteiger partial charge is 0.294 e. The van der Waals surface area contributed by atoms with Crippen molar-refractivity contribution in [2.75, 3.05) is 0 Å². The Kier molecular flexibility index (Phi) is 3.49. The Bertz CT molecular complexity index is 1630. The molecule has 0 saturated heterocycles. The smallest absolute Gasteiger partial charge is 0.234 e. The molecule has 4 aromatic heterocycles. The van der Waals surface area contributed by atoms with Gasteiger partial charge in [-0.05, 0) is 42.5 Å². The average molecular weight is 411 g/mol. The Hall–Kier alpha value is -4.51. The van der Waals surface area contributed by atoms with E-state index in [9.17, 15) is 0 Å². The van der Waals surface area contributed by atoms with E-state index in [2.05, 4.69) is 90.8 Å². The molecule has 150 valence electrons. The predicted molar refractivity (Wildman–Crippen MR) is 129 cm³/mol. The van der Waals surface area contributed by atoms with Gasteiger partial charge in [-0.15, -0.1) is 0 Å². The number of fused-ring (bicyclic) bond motifs is 7. The van der Waals surface area contributed by atoms with Crippen LogP contribution in [-0.4, -0.2) is 24.1 Å². The molecule has 5 nitrogen and oxygen atoms in total. The van der Waals surface area contributed by atoms with Crippen LogP contribution in [-0.2, 0) is 0 Å². The fourth-order valence-corrected chi connectivity index (χ4v) is 4.87. The van der Waals surface area contributed by atoms with Gasteiger partial charge in [0.2, 0.25) is 5.95 Å². The van der Waals surface area contributed by atoms with Crippen LogP contribution in [0.5, 0.6) is 0 Å². The molecule has 0 saturated carbocycles. The van der Waals surface area contributed by atoms with Crippen molar-refractivity contribution in [1.82, 2.24) is 24.1 Å². The van der Waals surface area contributed by atoms with E-state index >= 15 is 0 Å². The number of benzene rings is 3. The van der Waals surface area contributed by atoms with Gasteiger partial charge in [0.15, 0.2) is 0 Å². The molecule has 0 aliphatic rings. The molecule has 0 N–H and O–H groups in total. The molecule has 0 amide bonds. The van der Waals surface area contributed by atoms with E-state index in [0.29, 0.717) is 5.95 Å². The first-order valence-corrected chi connectivity index (χ1v) is 10.6. The second-order valence-electron chi connectivity index (χ2n) is 7.80. The summed E-state index contributed by atoms with van der Waals surface area (Å²) in [5, 5.41) is 4.81. The number of para-hydroxylation sites is 2. The molecule has 5 heteroatoms. The fourth-order valence-electron chi connectivity index (χ4n) is 4.87. The van der Waals surface area contributed by atoms with Crippen LogP contribution in [0.1, 0.15) is 0 Å². The van der Waals surface area contributed by atoms with Crippen molar-refractivity contribution in [3.63, 3.8) is 0 Å². The SMILES string of the molecule is c1ccc(-n2c3ccccc3c3c4c5ccccc5n(-c5ncccn5)c4ccc32)nc1. The minimum atomic E-state index is 0.673. The van der Waals surface area contributed by atoms with Gasteiger partial charge in [0, 0.05) is 40.1 Å². The predicted octanol–water partition coefficient (Wildman–Crippen LogP) is 6.07. The first-order chi connectivity index (χ1) is 15.9. The molecule has 0 atom stereocenters. The van der Waals surface area contributed by atoms with E-state index < -0.39 is 0 Å². The summed E-state index contributed by atoms with van der Waals surface area (Å²) in [7, 11) is 0. The van der Waals surface area contributed by atoms with Crippen molar-refractivity contribution < 1.29 is 0 Å². The summed E-state index contributed by atoms with van der Waals surface area (Å²) in [5.74, 6) is 1.58. The number of hydrogen-bond acceptors (Lipinski definition) is 3. The third-order valence-electron chi connectivity index (χ3n) is 6.10. The topological polar surface area (TPSA) is 48.5 Å². The highest BCUT2D eigenvalue weighted by Gasteiger charge is 2.20. The van der Waals surface area contributed by atoms with Gasteiger partial charge in [0.25, 0.3) is 0 Å². The molecule has 7 rings (SSSR count). The first-order valence-electron chi connectivity index (χ1n) is 10.6. The maximum absolute atomic E-state index is 4.65. The van der Waals surface area contributed by atoms with Gasteiger partial charge in [-0.3, -0.25) is 9.13 Å². The first kappa shape index (κ1) is 17.2. The maximum Gasteiger partial charge on any atom is 0.234 e. The Morgan fingerprint density at radius 3 is 1.66 bits per heavy atom. The highest BCUT2D eigenvalue weighted by atomic mass is 15.1. The lowest BCUT2D eigenvalue weighted by Crippen LogP contribution is -1.99. The summed E-state index contributed by atoms with van der Waals surface area (Å²) >= 11 is 0. The highest BCUT2D eigenvalue weighted by Crippen LogP contribution is 2.41. The van der Waals surface area contributed by atoms with Crippen molar-refractivity contribution in [3.05, 3.63) is 104 Å². The number of nitrogens with zero attached hydrogens (tertiary/aromatic N) is 5. The van der Waals surface area contributed by atoms with E-state index in [4.69, 9.17) is 0 Å². The van der Waals surface area contributed by atoms with Crippen LogP contribution in [0.3, 0.4) is 0 Å². The number of rotatable bonds is 2. The average Bonchev–Trinajstić information content (AvgIpc) is 3.38. The summed E-state index contributed by atoms with van der Waals surface area (Å²) in [6.07, 6.45) is 5.41. The standard InChI is InChI=1S/C27H17N5/c1-3-10-20-18(8-1)25-22(31(20)24-12-5-6-15-28-24)13-14-23-26(25)19-9-2-4-11-21(19)32(23)27-29-16-7-17-30-27/h1-17H. The van der Waals surface area contributed by atoms with Crippen LogP contribution in [0, 0.1) is 0 Å². The lowest BCUT2D eigenvalue weighted by molar-refractivity contribution is 0.988. The molecule has 0 fully saturated rings. The van der Waals surface area contributed by atoms with E-state index in [1.807, 2.05) is 24.4 Å². The molecule has 7 aromatic rings.